The van der Waals surface area contributed by atoms with Crippen LogP contribution >= 0.6 is 0 Å². The maximum absolute atomic E-state index is 9.72. The van der Waals surface area contributed by atoms with Crippen LogP contribution in [0.2, 0.25) is 0 Å². The first-order chi connectivity index (χ1) is 2.73. The maximum Gasteiger partial charge on any atom is 0.279 e. The van der Waals surface area contributed by atoms with Crippen LogP contribution in [-0.4, -0.2) is 5.15 Å². The van der Waals surface area contributed by atoms with Gasteiger partial charge in [0.2, 0.25) is 0 Å². The second kappa shape index (κ2) is 16.1. The molecule has 7 heavy (non-hydrogen) atoms. The molecular formula is C2H5FNO2Y-. The van der Waals surface area contributed by atoms with Crippen LogP contribution in [0.5, 0.6) is 0 Å². The Labute approximate surface area is 66.2 Å². The molecule has 0 amide bonds. The van der Waals surface area contributed by atoms with E-state index in [1.54, 1.807) is 6.92 Å². The molecule has 0 spiro atoms. The molecule has 0 fully saturated rings. The Hall–Kier alpha value is 0.434. The van der Waals surface area contributed by atoms with E-state index in [1.165, 1.54) is 0 Å². The van der Waals surface area contributed by atoms with Gasteiger partial charge in [0.15, 0.2) is 4.48 Å². The van der Waals surface area contributed by atoms with Gasteiger partial charge in [0.25, 0.3) is 5.15 Å². The van der Waals surface area contributed by atoms with Crippen LogP contribution in [0.15, 0.2) is 0 Å². The first kappa shape index (κ1) is 15.7. The predicted octanol–water partition coefficient (Wildman–Crippen LogP) is 0.985. The summed E-state index contributed by atoms with van der Waals surface area (Å²) < 4.78 is 9.72. The van der Waals surface area contributed by atoms with Gasteiger partial charge in [0, 0.05) is 32.7 Å². The van der Waals surface area contributed by atoms with E-state index in [0.29, 0.717) is 0 Å². The molecule has 0 bridgehead atoms. The molecule has 0 aromatic rings. The first-order valence-electron chi connectivity index (χ1n) is 1.24. The Bertz CT molecular complexity index is 38.7. The van der Waals surface area contributed by atoms with Gasteiger partial charge >= 0.3 is 0 Å². The summed E-state index contributed by atoms with van der Waals surface area (Å²) in [5.41, 5.74) is 0. The summed E-state index contributed by atoms with van der Waals surface area (Å²) >= 11 is 0. The zero-order valence-electron chi connectivity index (χ0n) is 3.93. The molecule has 0 rings (SSSR count). The molecule has 5 heteroatoms. The fraction of sp³-hybridized carbons (Fsp3) is 0.500. The van der Waals surface area contributed by atoms with Crippen molar-refractivity contribution in [1.29, 1.82) is 0 Å². The zero-order valence-corrected chi connectivity index (χ0v) is 6.76. The van der Waals surface area contributed by atoms with E-state index in [1.807, 2.05) is 0 Å². The predicted molar refractivity (Wildman–Crippen MR) is 19.1 cm³/mol. The second-order valence-corrected chi connectivity index (χ2v) is 0.213. The molecule has 0 heterocycles. The Morgan fingerprint density at radius 3 is 1.71 bits per heavy atom. The molecule has 3 nitrogen and oxygen atoms in total. The monoisotopic (exact) mass is 183 g/mol. The smallest absolute Gasteiger partial charge is 0.279 e. The van der Waals surface area contributed by atoms with E-state index in [2.05, 4.69) is 6.92 Å². The summed E-state index contributed by atoms with van der Waals surface area (Å²) in [4.78, 5) is 8.14. The van der Waals surface area contributed by atoms with Crippen LogP contribution in [-0.2, 0) is 32.7 Å². The van der Waals surface area contributed by atoms with Crippen LogP contribution in [0.25, 0.3) is 0 Å². The average molecular weight is 183 g/mol. The van der Waals surface area contributed by atoms with E-state index in [9.17, 15) is 4.48 Å². The van der Waals surface area contributed by atoms with Crippen molar-refractivity contribution in [2.45, 2.75) is 6.92 Å². The van der Waals surface area contributed by atoms with Gasteiger partial charge in [-0.3, -0.25) is 0 Å². The third kappa shape index (κ3) is 672. The molecule has 0 aliphatic rings. The van der Waals surface area contributed by atoms with Gasteiger partial charge in [-0.15, -0.1) is 0 Å². The minimum Gasteiger partial charge on any atom is -0.346 e. The summed E-state index contributed by atoms with van der Waals surface area (Å²) in [6.45, 7) is 5.00. The van der Waals surface area contributed by atoms with Crippen LogP contribution in [0.4, 0.5) is 4.48 Å². The normalized spacial score (nSPS) is 4.43. The van der Waals surface area contributed by atoms with Crippen molar-refractivity contribution < 1.29 is 42.3 Å². The van der Waals surface area contributed by atoms with Crippen LogP contribution in [0, 0.1) is 17.0 Å². The van der Waals surface area contributed by atoms with E-state index in [0.717, 1.165) is 0 Å². The zero-order chi connectivity index (χ0) is 5.58. The van der Waals surface area contributed by atoms with Crippen molar-refractivity contribution in [3.63, 3.8) is 0 Å². The minimum atomic E-state index is -2.00. The Balaban J connectivity index is -0.0000000480. The van der Waals surface area contributed by atoms with Crippen molar-refractivity contribution >= 4 is 0 Å². The molecule has 0 aliphatic carbocycles. The molecule has 0 aliphatic heterocycles. The van der Waals surface area contributed by atoms with Crippen molar-refractivity contribution in [1.82, 2.24) is 0 Å². The van der Waals surface area contributed by atoms with E-state index < -0.39 is 5.15 Å². The van der Waals surface area contributed by atoms with Crippen molar-refractivity contribution in [2.75, 3.05) is 0 Å². The number of hydrogen-bond acceptors (Lipinski definition) is 2. The van der Waals surface area contributed by atoms with E-state index >= 15 is 0 Å². The summed E-state index contributed by atoms with van der Waals surface area (Å²) in [7, 11) is 0. The summed E-state index contributed by atoms with van der Waals surface area (Å²) in [6, 6.07) is 0. The molecule has 0 atom stereocenters. The minimum absolute atomic E-state index is 0. The molecule has 41 valence electrons. The first-order valence-corrected chi connectivity index (χ1v) is 1.24. The third-order valence-corrected chi connectivity index (χ3v) is 0. The van der Waals surface area contributed by atoms with Gasteiger partial charge in [0.1, 0.15) is 0 Å². The summed E-state index contributed by atoms with van der Waals surface area (Å²) in [5, 5.41) is 6.14. The van der Waals surface area contributed by atoms with Crippen molar-refractivity contribution in [2.24, 2.45) is 0 Å². The number of hydrogen-bond donors (Lipinski definition) is 0. The SMILES string of the molecule is O=[N+]([O-])F.[CH2-]C.[Y]. The van der Waals surface area contributed by atoms with Gasteiger partial charge in [0.05, 0.1) is 0 Å². The molecule has 0 saturated heterocycles. The molecular weight excluding hydrogens is 178 g/mol. The quantitative estimate of drug-likeness (QED) is 0.243. The van der Waals surface area contributed by atoms with Gasteiger partial charge < -0.3 is 6.92 Å². The van der Waals surface area contributed by atoms with Gasteiger partial charge in [-0.1, -0.05) is 0 Å². The number of nitro groups is 1. The summed E-state index contributed by atoms with van der Waals surface area (Å²) in [5.74, 6) is 0. The topological polar surface area (TPSA) is 43.1 Å². The number of halogens is 1. The fourth-order valence-corrected chi connectivity index (χ4v) is 0. The Kier molecular flexibility index (Phi) is 36.0. The Morgan fingerprint density at radius 2 is 1.71 bits per heavy atom. The number of nitrogens with zero attached hydrogens (tertiary/aromatic N) is 1. The fourth-order valence-electron chi connectivity index (χ4n) is 0. The molecule has 0 saturated carbocycles. The standard InChI is InChI=1S/C2H5.FNO2.Y/c1-2;1-2(3)4;/h1H2,2H3;;/q-1;;. The molecule has 0 aromatic heterocycles. The summed E-state index contributed by atoms with van der Waals surface area (Å²) in [6.07, 6.45) is 0. The Morgan fingerprint density at radius 1 is 1.71 bits per heavy atom. The maximum atomic E-state index is 9.72. The van der Waals surface area contributed by atoms with Crippen LogP contribution in [0.1, 0.15) is 6.92 Å². The largest absolute Gasteiger partial charge is 0.346 e. The van der Waals surface area contributed by atoms with Crippen LogP contribution < -0.4 is 0 Å². The van der Waals surface area contributed by atoms with Crippen molar-refractivity contribution in [3.8, 4) is 0 Å². The van der Waals surface area contributed by atoms with Crippen LogP contribution in [0.3, 0.4) is 0 Å². The second-order valence-electron chi connectivity index (χ2n) is 0.213. The molecule has 1 radical (unpaired) electrons. The number of rotatable bonds is 0. The third-order valence-electron chi connectivity index (χ3n) is 0. The van der Waals surface area contributed by atoms with Gasteiger partial charge in [-0.05, 0) is 0 Å². The van der Waals surface area contributed by atoms with Gasteiger partial charge in [-0.2, -0.15) is 6.92 Å². The average Bonchev–Trinajstić information content (AvgIpc) is 1.41. The molecule has 0 unspecified atom stereocenters. The van der Waals surface area contributed by atoms with Gasteiger partial charge in [-0.25, -0.2) is 10.1 Å². The molecule has 0 aromatic carbocycles. The van der Waals surface area contributed by atoms with Crippen molar-refractivity contribution in [3.05, 3.63) is 17.0 Å². The molecule has 0 N–H and O–H groups in total. The van der Waals surface area contributed by atoms with E-state index in [-0.39, 0.29) is 32.7 Å². The van der Waals surface area contributed by atoms with E-state index in [4.69, 9.17) is 10.1 Å².